The summed E-state index contributed by atoms with van der Waals surface area (Å²) < 4.78 is 26.5. The second-order valence-electron chi connectivity index (χ2n) is 6.62. The standard InChI is InChI=1S/C22H16FN3O3/c1-2-28-22(27)19-10-8-14(29-19)12-26-18-9-7-13(23)11-15(18)20-21(26)25-17-6-4-3-5-16(17)24-20/h3-11H,2,12H2,1H3. The van der Waals surface area contributed by atoms with Crippen molar-refractivity contribution in [3.05, 3.63) is 71.9 Å². The average molecular weight is 389 g/mol. The van der Waals surface area contributed by atoms with E-state index in [1.54, 1.807) is 25.1 Å². The van der Waals surface area contributed by atoms with Crippen molar-refractivity contribution in [2.45, 2.75) is 13.5 Å². The number of esters is 1. The Morgan fingerprint density at radius 3 is 2.69 bits per heavy atom. The summed E-state index contributed by atoms with van der Waals surface area (Å²) in [5.74, 6) is -0.140. The third-order valence-electron chi connectivity index (χ3n) is 4.76. The van der Waals surface area contributed by atoms with E-state index in [-0.39, 0.29) is 18.2 Å². The zero-order chi connectivity index (χ0) is 20.0. The molecule has 0 aliphatic carbocycles. The van der Waals surface area contributed by atoms with Crippen molar-refractivity contribution in [2.24, 2.45) is 0 Å². The highest BCUT2D eigenvalue weighted by Gasteiger charge is 2.18. The average Bonchev–Trinajstić information content (AvgIpc) is 3.30. The molecule has 0 bridgehead atoms. The Kier molecular flexibility index (Phi) is 4.01. The van der Waals surface area contributed by atoms with Gasteiger partial charge in [0, 0.05) is 5.39 Å². The minimum absolute atomic E-state index is 0.144. The summed E-state index contributed by atoms with van der Waals surface area (Å²) in [5.41, 5.74) is 3.52. The van der Waals surface area contributed by atoms with Gasteiger partial charge in [-0.05, 0) is 49.4 Å². The Balaban J connectivity index is 1.69. The maximum Gasteiger partial charge on any atom is 0.374 e. The van der Waals surface area contributed by atoms with Crippen LogP contribution in [0.1, 0.15) is 23.2 Å². The normalized spacial score (nSPS) is 11.5. The third kappa shape index (κ3) is 2.91. The molecule has 2 aromatic carbocycles. The number of halogens is 1. The zero-order valence-electron chi connectivity index (χ0n) is 15.6. The van der Waals surface area contributed by atoms with Crippen LogP contribution in [0.2, 0.25) is 0 Å². The lowest BCUT2D eigenvalue weighted by atomic mass is 10.2. The molecular weight excluding hydrogens is 373 g/mol. The van der Waals surface area contributed by atoms with E-state index >= 15 is 0 Å². The fourth-order valence-electron chi connectivity index (χ4n) is 3.50. The molecule has 0 saturated heterocycles. The maximum atomic E-state index is 14.0. The minimum Gasteiger partial charge on any atom is -0.460 e. The van der Waals surface area contributed by atoms with Crippen molar-refractivity contribution in [2.75, 3.05) is 6.61 Å². The Morgan fingerprint density at radius 2 is 1.90 bits per heavy atom. The van der Waals surface area contributed by atoms with Crippen LogP contribution in [0, 0.1) is 5.82 Å². The number of hydrogen-bond acceptors (Lipinski definition) is 5. The summed E-state index contributed by atoms with van der Waals surface area (Å²) in [5, 5.41) is 0.676. The maximum absolute atomic E-state index is 14.0. The van der Waals surface area contributed by atoms with Crippen LogP contribution in [0.15, 0.2) is 59.0 Å². The predicted molar refractivity (Wildman–Crippen MR) is 106 cm³/mol. The number of carbonyl (C=O) groups is 1. The van der Waals surface area contributed by atoms with E-state index < -0.39 is 5.97 Å². The fraction of sp³-hybridized carbons (Fsp3) is 0.136. The number of carbonyl (C=O) groups excluding carboxylic acids is 1. The van der Waals surface area contributed by atoms with E-state index in [0.717, 1.165) is 16.6 Å². The van der Waals surface area contributed by atoms with Gasteiger partial charge in [0.1, 0.15) is 17.1 Å². The number of aromatic nitrogens is 3. The second-order valence-corrected chi connectivity index (χ2v) is 6.62. The van der Waals surface area contributed by atoms with Gasteiger partial charge in [-0.2, -0.15) is 0 Å². The molecule has 0 aliphatic heterocycles. The van der Waals surface area contributed by atoms with Crippen molar-refractivity contribution < 1.29 is 18.3 Å². The molecule has 3 heterocycles. The van der Waals surface area contributed by atoms with Gasteiger partial charge in [-0.3, -0.25) is 0 Å². The fourth-order valence-corrected chi connectivity index (χ4v) is 3.50. The van der Waals surface area contributed by atoms with Gasteiger partial charge >= 0.3 is 5.97 Å². The van der Waals surface area contributed by atoms with Crippen LogP contribution in [0.3, 0.4) is 0 Å². The van der Waals surface area contributed by atoms with Gasteiger partial charge < -0.3 is 13.7 Å². The first-order chi connectivity index (χ1) is 14.1. The number of fused-ring (bicyclic) bond motifs is 4. The summed E-state index contributed by atoms with van der Waals surface area (Å²) in [6.45, 7) is 2.33. The summed E-state index contributed by atoms with van der Waals surface area (Å²) in [6.07, 6.45) is 0. The van der Waals surface area contributed by atoms with Gasteiger partial charge in [0.05, 0.1) is 29.7 Å². The van der Waals surface area contributed by atoms with Crippen molar-refractivity contribution in [3.8, 4) is 0 Å². The molecule has 5 rings (SSSR count). The summed E-state index contributed by atoms with van der Waals surface area (Å²) in [7, 11) is 0. The molecule has 0 N–H and O–H groups in total. The summed E-state index contributed by atoms with van der Waals surface area (Å²) >= 11 is 0. The largest absolute Gasteiger partial charge is 0.460 e. The number of furan rings is 1. The van der Waals surface area contributed by atoms with Crippen molar-refractivity contribution in [1.29, 1.82) is 0 Å². The molecule has 7 heteroatoms. The molecule has 6 nitrogen and oxygen atoms in total. The van der Waals surface area contributed by atoms with Crippen molar-refractivity contribution in [3.63, 3.8) is 0 Å². The van der Waals surface area contributed by atoms with Gasteiger partial charge in [-0.1, -0.05) is 12.1 Å². The number of para-hydroxylation sites is 2. The molecule has 0 fully saturated rings. The number of ether oxygens (including phenoxy) is 1. The second kappa shape index (κ2) is 6.70. The number of nitrogens with zero attached hydrogens (tertiary/aromatic N) is 3. The van der Waals surface area contributed by atoms with E-state index in [0.29, 0.717) is 28.9 Å². The molecule has 0 amide bonds. The molecule has 144 valence electrons. The lowest BCUT2D eigenvalue weighted by Crippen LogP contribution is -2.03. The van der Waals surface area contributed by atoms with Gasteiger partial charge in [0.25, 0.3) is 0 Å². The van der Waals surface area contributed by atoms with Crippen LogP contribution in [0.4, 0.5) is 4.39 Å². The first-order valence-electron chi connectivity index (χ1n) is 9.24. The quantitative estimate of drug-likeness (QED) is 0.417. The molecule has 0 spiro atoms. The lowest BCUT2D eigenvalue weighted by molar-refractivity contribution is 0.0488. The van der Waals surface area contributed by atoms with Gasteiger partial charge in [0.2, 0.25) is 5.76 Å². The SMILES string of the molecule is CCOC(=O)c1ccc(Cn2c3ccc(F)cc3c3nc4ccccc4nc32)o1. The highest BCUT2D eigenvalue weighted by atomic mass is 19.1. The highest BCUT2D eigenvalue weighted by molar-refractivity contribution is 6.06. The molecule has 3 aromatic heterocycles. The molecule has 29 heavy (non-hydrogen) atoms. The smallest absolute Gasteiger partial charge is 0.374 e. The molecular formula is C22H16FN3O3. The van der Waals surface area contributed by atoms with Gasteiger partial charge in [0.15, 0.2) is 5.65 Å². The van der Waals surface area contributed by atoms with Gasteiger partial charge in [-0.25, -0.2) is 19.2 Å². The highest BCUT2D eigenvalue weighted by Crippen LogP contribution is 2.30. The number of benzene rings is 2. The third-order valence-corrected chi connectivity index (χ3v) is 4.76. The van der Waals surface area contributed by atoms with Crippen LogP contribution in [-0.4, -0.2) is 27.1 Å². The Hall–Kier alpha value is -3.74. The lowest BCUT2D eigenvalue weighted by Gasteiger charge is -2.05. The first kappa shape index (κ1) is 17.4. The van der Waals surface area contributed by atoms with E-state index in [1.807, 2.05) is 28.8 Å². The van der Waals surface area contributed by atoms with E-state index in [2.05, 4.69) is 0 Å². The number of hydrogen-bond donors (Lipinski definition) is 0. The first-order valence-corrected chi connectivity index (χ1v) is 9.24. The molecule has 0 aliphatic rings. The van der Waals surface area contributed by atoms with Crippen LogP contribution < -0.4 is 0 Å². The Labute approximate surface area is 164 Å². The van der Waals surface area contributed by atoms with E-state index in [1.165, 1.54) is 12.1 Å². The van der Waals surface area contributed by atoms with Crippen LogP contribution in [0.5, 0.6) is 0 Å². The van der Waals surface area contributed by atoms with Crippen LogP contribution in [-0.2, 0) is 11.3 Å². The van der Waals surface area contributed by atoms with E-state index in [9.17, 15) is 9.18 Å². The number of rotatable bonds is 4. The molecule has 5 aromatic rings. The van der Waals surface area contributed by atoms with Gasteiger partial charge in [-0.15, -0.1) is 0 Å². The Bertz CT molecular complexity index is 1390. The molecule has 0 atom stereocenters. The monoisotopic (exact) mass is 389 g/mol. The molecule has 0 radical (unpaired) electrons. The van der Waals surface area contributed by atoms with Crippen LogP contribution in [0.25, 0.3) is 33.1 Å². The topological polar surface area (TPSA) is 70.2 Å². The van der Waals surface area contributed by atoms with Crippen molar-refractivity contribution in [1.82, 2.24) is 14.5 Å². The predicted octanol–water partition coefficient (Wildman–Crippen LogP) is 4.69. The van der Waals surface area contributed by atoms with E-state index in [4.69, 9.17) is 19.1 Å². The summed E-state index contributed by atoms with van der Waals surface area (Å²) in [6, 6.07) is 15.4. The molecule has 0 unspecified atom stereocenters. The molecule has 0 saturated carbocycles. The van der Waals surface area contributed by atoms with Crippen LogP contribution >= 0.6 is 0 Å². The minimum atomic E-state index is -0.506. The Morgan fingerprint density at radius 1 is 1.10 bits per heavy atom. The zero-order valence-corrected chi connectivity index (χ0v) is 15.6. The van der Waals surface area contributed by atoms with Crippen molar-refractivity contribution >= 4 is 39.1 Å². The summed E-state index contributed by atoms with van der Waals surface area (Å²) in [4.78, 5) is 21.4.